The average molecular weight is 521 g/mol. The third-order valence-electron chi connectivity index (χ3n) is 4.86. The number of halogens is 1. The zero-order valence-electron chi connectivity index (χ0n) is 16.5. The van der Waals surface area contributed by atoms with Crippen molar-refractivity contribution in [3.63, 3.8) is 0 Å². The first-order chi connectivity index (χ1) is 13.3. The largest absolute Gasteiger partial charge is 0.379 e. The number of nitrogens with one attached hydrogen (secondary N) is 3. The van der Waals surface area contributed by atoms with Gasteiger partial charge < -0.3 is 20.7 Å². The highest BCUT2D eigenvalue weighted by Gasteiger charge is 2.24. The quantitative estimate of drug-likeness (QED) is 0.201. The molecule has 7 nitrogen and oxygen atoms in total. The van der Waals surface area contributed by atoms with Gasteiger partial charge in [-0.1, -0.05) is 6.07 Å². The second-order valence-electron chi connectivity index (χ2n) is 7.00. The maximum atomic E-state index is 11.7. The van der Waals surface area contributed by atoms with Gasteiger partial charge in [0.1, 0.15) is 0 Å². The van der Waals surface area contributed by atoms with Crippen LogP contribution in [0.25, 0.3) is 0 Å². The fourth-order valence-electron chi connectivity index (χ4n) is 3.18. The number of ether oxygens (including phenoxy) is 1. The third-order valence-corrected chi connectivity index (χ3v) is 5.83. The fourth-order valence-corrected chi connectivity index (χ4v) is 4.04. The molecule has 2 fully saturated rings. The number of nitrogens with zero attached hydrogens (tertiary/aromatic N) is 2. The zero-order valence-corrected chi connectivity index (χ0v) is 19.6. The summed E-state index contributed by atoms with van der Waals surface area (Å²) in [4.78, 5) is 19.9. The topological polar surface area (TPSA) is 78.0 Å². The highest BCUT2D eigenvalue weighted by molar-refractivity contribution is 14.0. The monoisotopic (exact) mass is 521 g/mol. The Hall–Kier alpha value is -0.910. The molecule has 158 valence electrons. The minimum atomic E-state index is 0. The van der Waals surface area contributed by atoms with Gasteiger partial charge in [-0.25, -0.2) is 0 Å². The molecular formula is C19H32IN5O2S. The van der Waals surface area contributed by atoms with Gasteiger partial charge in [0.25, 0.3) is 0 Å². The van der Waals surface area contributed by atoms with Crippen LogP contribution in [0, 0.1) is 0 Å². The first-order valence-corrected chi connectivity index (χ1v) is 10.7. The predicted octanol–water partition coefficient (Wildman–Crippen LogP) is 1.96. The Labute approximate surface area is 188 Å². The highest BCUT2D eigenvalue weighted by Crippen LogP contribution is 2.25. The third kappa shape index (κ3) is 7.84. The van der Waals surface area contributed by atoms with E-state index >= 15 is 0 Å². The molecule has 1 amide bonds. The van der Waals surface area contributed by atoms with Crippen molar-refractivity contribution in [1.82, 2.24) is 20.9 Å². The Morgan fingerprint density at radius 1 is 1.36 bits per heavy atom. The molecule has 1 aromatic rings. The maximum Gasteiger partial charge on any atom is 0.220 e. The van der Waals surface area contributed by atoms with Crippen LogP contribution in [0.4, 0.5) is 0 Å². The van der Waals surface area contributed by atoms with Crippen LogP contribution in [-0.4, -0.2) is 69.2 Å². The first kappa shape index (κ1) is 23.4. The second kappa shape index (κ2) is 12.6. The van der Waals surface area contributed by atoms with Gasteiger partial charge in [-0.05, 0) is 30.7 Å². The van der Waals surface area contributed by atoms with Crippen LogP contribution in [0.3, 0.4) is 0 Å². The number of amides is 1. The van der Waals surface area contributed by atoms with Gasteiger partial charge in [0.15, 0.2) is 5.96 Å². The second-order valence-corrected chi connectivity index (χ2v) is 7.98. The molecule has 2 heterocycles. The average Bonchev–Trinajstić information content (AvgIpc) is 3.34. The predicted molar refractivity (Wildman–Crippen MR) is 125 cm³/mol. The number of carbonyl (C=O) groups is 1. The van der Waals surface area contributed by atoms with Crippen molar-refractivity contribution in [1.29, 1.82) is 0 Å². The summed E-state index contributed by atoms with van der Waals surface area (Å²) in [5, 5.41) is 11.9. The number of hydrogen-bond donors (Lipinski definition) is 3. The van der Waals surface area contributed by atoms with E-state index in [1.165, 1.54) is 4.88 Å². The van der Waals surface area contributed by atoms with Gasteiger partial charge in [-0.15, -0.1) is 35.3 Å². The number of thiophene rings is 1. The van der Waals surface area contributed by atoms with E-state index in [9.17, 15) is 4.79 Å². The van der Waals surface area contributed by atoms with Crippen molar-refractivity contribution in [2.45, 2.75) is 37.8 Å². The van der Waals surface area contributed by atoms with Crippen molar-refractivity contribution in [3.05, 3.63) is 22.4 Å². The summed E-state index contributed by atoms with van der Waals surface area (Å²) >= 11 is 1.79. The number of hydrogen-bond acceptors (Lipinski definition) is 5. The number of morpholine rings is 1. The molecule has 1 aliphatic heterocycles. The molecule has 1 aliphatic carbocycles. The van der Waals surface area contributed by atoms with Crippen molar-refractivity contribution < 1.29 is 9.53 Å². The van der Waals surface area contributed by atoms with Gasteiger partial charge in [-0.2, -0.15) is 0 Å². The van der Waals surface area contributed by atoms with Crippen molar-refractivity contribution >= 4 is 47.2 Å². The SMILES string of the molecule is CN=C(NCCCC(=O)NC1CC1)NCC(c1cccs1)N1CCOCC1.I. The van der Waals surface area contributed by atoms with Crippen LogP contribution in [-0.2, 0) is 9.53 Å². The highest BCUT2D eigenvalue weighted by atomic mass is 127. The summed E-state index contributed by atoms with van der Waals surface area (Å²) in [7, 11) is 1.78. The lowest BCUT2D eigenvalue weighted by molar-refractivity contribution is -0.121. The minimum Gasteiger partial charge on any atom is -0.379 e. The van der Waals surface area contributed by atoms with E-state index in [0.29, 0.717) is 18.5 Å². The Kier molecular flexibility index (Phi) is 10.5. The van der Waals surface area contributed by atoms with E-state index in [0.717, 1.165) is 64.6 Å². The molecule has 28 heavy (non-hydrogen) atoms. The molecule has 1 unspecified atom stereocenters. The summed E-state index contributed by atoms with van der Waals surface area (Å²) in [6, 6.07) is 5.06. The van der Waals surface area contributed by atoms with Gasteiger partial charge in [0.05, 0.1) is 19.3 Å². The van der Waals surface area contributed by atoms with Gasteiger partial charge >= 0.3 is 0 Å². The standard InChI is InChI=1S/C19H31N5O2S.HI/c1-20-19(21-8-2-5-18(25)23-15-6-7-15)22-14-16(17-4-3-13-27-17)24-9-11-26-12-10-24;/h3-4,13,15-16H,2,5-12,14H2,1H3,(H,23,25)(H2,20,21,22);1H. The van der Waals surface area contributed by atoms with E-state index in [1.54, 1.807) is 18.4 Å². The Morgan fingerprint density at radius 3 is 2.79 bits per heavy atom. The van der Waals surface area contributed by atoms with E-state index in [2.05, 4.69) is 43.4 Å². The van der Waals surface area contributed by atoms with Gasteiger partial charge in [-0.3, -0.25) is 14.7 Å². The Bertz CT molecular complexity index is 603. The minimum absolute atomic E-state index is 0. The maximum absolute atomic E-state index is 11.7. The smallest absolute Gasteiger partial charge is 0.220 e. The Balaban J connectivity index is 0.00000280. The molecule has 1 saturated carbocycles. The summed E-state index contributed by atoms with van der Waals surface area (Å²) in [5.41, 5.74) is 0. The van der Waals surface area contributed by atoms with E-state index in [-0.39, 0.29) is 29.9 Å². The number of carbonyl (C=O) groups excluding carboxylic acids is 1. The van der Waals surface area contributed by atoms with E-state index in [4.69, 9.17) is 4.74 Å². The molecule has 0 bridgehead atoms. The molecule has 0 radical (unpaired) electrons. The Morgan fingerprint density at radius 2 is 2.14 bits per heavy atom. The van der Waals surface area contributed by atoms with E-state index < -0.39 is 0 Å². The molecule has 0 spiro atoms. The van der Waals surface area contributed by atoms with Crippen LogP contribution in [0.5, 0.6) is 0 Å². The number of guanidine groups is 1. The molecule has 1 atom stereocenters. The lowest BCUT2D eigenvalue weighted by Crippen LogP contribution is -2.46. The molecule has 1 aromatic heterocycles. The van der Waals surface area contributed by atoms with Crippen LogP contribution in [0.1, 0.15) is 36.6 Å². The molecule has 1 saturated heterocycles. The summed E-state index contributed by atoms with van der Waals surface area (Å²) in [6.45, 7) is 5.01. The fraction of sp³-hybridized carbons (Fsp3) is 0.684. The van der Waals surface area contributed by atoms with Crippen molar-refractivity contribution in [2.24, 2.45) is 4.99 Å². The first-order valence-electron chi connectivity index (χ1n) is 9.85. The van der Waals surface area contributed by atoms with Crippen LogP contribution < -0.4 is 16.0 Å². The van der Waals surface area contributed by atoms with Gasteiger partial charge in [0, 0.05) is 50.6 Å². The molecule has 3 N–H and O–H groups in total. The summed E-state index contributed by atoms with van der Waals surface area (Å²) in [6.07, 6.45) is 3.63. The van der Waals surface area contributed by atoms with Crippen LogP contribution in [0.15, 0.2) is 22.5 Å². The number of aliphatic imine (C=N–C) groups is 1. The van der Waals surface area contributed by atoms with Crippen molar-refractivity contribution in [3.8, 4) is 0 Å². The molecule has 0 aromatic carbocycles. The lowest BCUT2D eigenvalue weighted by atomic mass is 10.2. The number of rotatable bonds is 9. The van der Waals surface area contributed by atoms with Crippen molar-refractivity contribution in [2.75, 3.05) is 46.4 Å². The molecule has 3 rings (SSSR count). The summed E-state index contributed by atoms with van der Waals surface area (Å²) < 4.78 is 5.50. The zero-order chi connectivity index (χ0) is 18.9. The van der Waals surface area contributed by atoms with Crippen LogP contribution in [0.2, 0.25) is 0 Å². The molecule has 9 heteroatoms. The molecule has 2 aliphatic rings. The van der Waals surface area contributed by atoms with Gasteiger partial charge in [0.2, 0.25) is 5.91 Å². The summed E-state index contributed by atoms with van der Waals surface area (Å²) in [5.74, 6) is 0.944. The van der Waals surface area contributed by atoms with Crippen LogP contribution >= 0.6 is 35.3 Å². The molecular weight excluding hydrogens is 489 g/mol. The normalized spacial score (nSPS) is 18.8. The van der Waals surface area contributed by atoms with E-state index in [1.807, 2.05) is 0 Å². The lowest BCUT2D eigenvalue weighted by Gasteiger charge is -2.34.